The molecule has 0 amide bonds. The Morgan fingerprint density at radius 3 is 2.67 bits per heavy atom. The number of carboxylic acids is 1. The summed E-state index contributed by atoms with van der Waals surface area (Å²) in [5.74, 6) is -0.577. The Morgan fingerprint density at radius 1 is 1.29 bits per heavy atom. The van der Waals surface area contributed by atoms with Crippen LogP contribution in [0.3, 0.4) is 0 Å². The van der Waals surface area contributed by atoms with Gasteiger partial charge in [-0.25, -0.2) is 14.5 Å². The number of unbranched alkanes of at least 4 members (excludes halogenated alkanes) is 3. The van der Waals surface area contributed by atoms with Gasteiger partial charge in [-0.05, 0) is 12.8 Å². The second-order valence-corrected chi connectivity index (χ2v) is 4.81. The molecule has 2 aromatic rings. The number of carboxylic acid groups (broad SMARTS) is 1. The van der Waals surface area contributed by atoms with Crippen molar-refractivity contribution >= 4 is 5.97 Å². The van der Waals surface area contributed by atoms with Crippen molar-refractivity contribution in [3.63, 3.8) is 0 Å². The van der Waals surface area contributed by atoms with Crippen LogP contribution in [0.4, 0.5) is 0 Å². The molecule has 0 aromatic carbocycles. The number of aromatic carboxylic acids is 1. The van der Waals surface area contributed by atoms with Gasteiger partial charge in [0.2, 0.25) is 5.69 Å². The van der Waals surface area contributed by atoms with E-state index in [1.165, 1.54) is 0 Å². The zero-order chi connectivity index (χ0) is 15.2. The molecule has 2 heterocycles. The van der Waals surface area contributed by atoms with Crippen LogP contribution in [0.15, 0.2) is 12.4 Å². The maximum atomic E-state index is 11.3. The third-order valence-electron chi connectivity index (χ3n) is 3.25. The first-order valence-corrected chi connectivity index (χ1v) is 6.90. The van der Waals surface area contributed by atoms with Crippen LogP contribution in [0.25, 0.3) is 11.5 Å². The van der Waals surface area contributed by atoms with Crippen molar-refractivity contribution in [2.24, 2.45) is 7.05 Å². The SMILES string of the molecule is Cn1ccnc1-c1c(C(=O)O)nnn1CCCCCCO. The van der Waals surface area contributed by atoms with Crippen molar-refractivity contribution in [2.75, 3.05) is 6.61 Å². The van der Waals surface area contributed by atoms with E-state index in [9.17, 15) is 9.90 Å². The van der Waals surface area contributed by atoms with Crippen LogP contribution in [0.5, 0.6) is 0 Å². The van der Waals surface area contributed by atoms with Crippen LogP contribution in [0, 0.1) is 0 Å². The smallest absolute Gasteiger partial charge is 0.358 e. The standard InChI is InChI=1S/C13H19N5O3/c1-17-8-6-14-12(17)11-10(13(20)21)15-16-18(11)7-4-2-3-5-9-19/h6,8,19H,2-5,7,9H2,1H3,(H,20,21). The lowest BCUT2D eigenvalue weighted by molar-refractivity contribution is 0.0691. The van der Waals surface area contributed by atoms with Crippen LogP contribution in [0.2, 0.25) is 0 Å². The molecule has 0 spiro atoms. The molecule has 0 radical (unpaired) electrons. The van der Waals surface area contributed by atoms with Crippen molar-refractivity contribution in [2.45, 2.75) is 32.2 Å². The minimum atomic E-state index is -1.11. The Hall–Kier alpha value is -2.22. The number of hydrogen-bond donors (Lipinski definition) is 2. The van der Waals surface area contributed by atoms with E-state index in [-0.39, 0.29) is 12.3 Å². The van der Waals surface area contributed by atoms with Crippen LogP contribution in [-0.4, -0.2) is 47.3 Å². The summed E-state index contributed by atoms with van der Waals surface area (Å²) in [6.07, 6.45) is 6.88. The van der Waals surface area contributed by atoms with Gasteiger partial charge in [-0.3, -0.25) is 0 Å². The Bertz CT molecular complexity index is 605. The van der Waals surface area contributed by atoms with Crippen molar-refractivity contribution in [1.29, 1.82) is 0 Å². The van der Waals surface area contributed by atoms with Crippen molar-refractivity contribution < 1.29 is 15.0 Å². The molecular weight excluding hydrogens is 274 g/mol. The Labute approximate surface area is 122 Å². The topological polar surface area (TPSA) is 106 Å². The molecular formula is C13H19N5O3. The fraction of sp³-hybridized carbons (Fsp3) is 0.538. The van der Waals surface area contributed by atoms with E-state index in [4.69, 9.17) is 5.11 Å². The second-order valence-electron chi connectivity index (χ2n) is 4.81. The van der Waals surface area contributed by atoms with Crippen LogP contribution in [-0.2, 0) is 13.6 Å². The second kappa shape index (κ2) is 6.98. The molecule has 21 heavy (non-hydrogen) atoms. The third-order valence-corrected chi connectivity index (χ3v) is 3.25. The van der Waals surface area contributed by atoms with E-state index in [0.717, 1.165) is 25.7 Å². The van der Waals surface area contributed by atoms with E-state index in [0.29, 0.717) is 18.1 Å². The van der Waals surface area contributed by atoms with E-state index < -0.39 is 5.97 Å². The number of aromatic nitrogens is 5. The lowest BCUT2D eigenvalue weighted by atomic mass is 10.2. The normalized spacial score (nSPS) is 11.0. The van der Waals surface area contributed by atoms with Gasteiger partial charge in [0, 0.05) is 32.6 Å². The summed E-state index contributed by atoms with van der Waals surface area (Å²) in [6.45, 7) is 0.777. The van der Waals surface area contributed by atoms with Gasteiger partial charge in [-0.1, -0.05) is 18.1 Å². The Balaban J connectivity index is 2.18. The predicted octanol–water partition coefficient (Wildman–Crippen LogP) is 0.929. The van der Waals surface area contributed by atoms with Gasteiger partial charge >= 0.3 is 5.97 Å². The van der Waals surface area contributed by atoms with Crippen LogP contribution in [0.1, 0.15) is 36.2 Å². The van der Waals surface area contributed by atoms with Crippen LogP contribution < -0.4 is 0 Å². The van der Waals surface area contributed by atoms with Gasteiger partial charge in [0.15, 0.2) is 5.82 Å². The number of rotatable bonds is 8. The van der Waals surface area contributed by atoms with E-state index in [2.05, 4.69) is 15.3 Å². The zero-order valence-electron chi connectivity index (χ0n) is 11.9. The van der Waals surface area contributed by atoms with Crippen molar-refractivity contribution in [1.82, 2.24) is 24.5 Å². The molecule has 2 N–H and O–H groups in total. The molecule has 0 unspecified atom stereocenters. The fourth-order valence-corrected chi connectivity index (χ4v) is 2.16. The number of nitrogens with zero attached hydrogens (tertiary/aromatic N) is 5. The minimum Gasteiger partial charge on any atom is -0.476 e. The average Bonchev–Trinajstić information content (AvgIpc) is 3.04. The predicted molar refractivity (Wildman–Crippen MR) is 74.7 cm³/mol. The number of imidazole rings is 1. The van der Waals surface area contributed by atoms with Gasteiger partial charge in [-0.2, -0.15) is 0 Å². The van der Waals surface area contributed by atoms with Gasteiger partial charge in [0.05, 0.1) is 0 Å². The molecule has 0 fully saturated rings. The number of hydrogen-bond acceptors (Lipinski definition) is 5. The Morgan fingerprint density at radius 2 is 2.05 bits per heavy atom. The summed E-state index contributed by atoms with van der Waals surface area (Å²) < 4.78 is 3.33. The lowest BCUT2D eigenvalue weighted by Crippen LogP contribution is -2.08. The zero-order valence-corrected chi connectivity index (χ0v) is 11.9. The summed E-state index contributed by atoms with van der Waals surface area (Å²) in [5, 5.41) is 25.7. The number of aliphatic hydroxyl groups is 1. The summed E-state index contributed by atoms with van der Waals surface area (Å²) >= 11 is 0. The summed E-state index contributed by atoms with van der Waals surface area (Å²) in [5.41, 5.74) is 0.344. The molecule has 2 aromatic heterocycles. The molecule has 0 bridgehead atoms. The monoisotopic (exact) mass is 293 g/mol. The van der Waals surface area contributed by atoms with Gasteiger partial charge < -0.3 is 14.8 Å². The van der Waals surface area contributed by atoms with Crippen LogP contribution >= 0.6 is 0 Å². The van der Waals surface area contributed by atoms with Crippen molar-refractivity contribution in [3.8, 4) is 11.5 Å². The highest BCUT2D eigenvalue weighted by molar-refractivity contribution is 5.91. The fourth-order valence-electron chi connectivity index (χ4n) is 2.16. The maximum absolute atomic E-state index is 11.3. The van der Waals surface area contributed by atoms with Crippen molar-refractivity contribution in [3.05, 3.63) is 18.1 Å². The highest BCUT2D eigenvalue weighted by atomic mass is 16.4. The molecule has 0 aliphatic heterocycles. The average molecular weight is 293 g/mol. The van der Waals surface area contributed by atoms with Gasteiger partial charge in [0.25, 0.3) is 0 Å². The number of aryl methyl sites for hydroxylation is 2. The highest BCUT2D eigenvalue weighted by Crippen LogP contribution is 2.20. The van der Waals surface area contributed by atoms with E-state index in [1.54, 1.807) is 28.7 Å². The number of aliphatic hydroxyl groups excluding tert-OH is 1. The van der Waals surface area contributed by atoms with E-state index >= 15 is 0 Å². The first-order valence-electron chi connectivity index (χ1n) is 6.90. The Kier molecular flexibility index (Phi) is 5.04. The molecule has 0 saturated heterocycles. The molecule has 8 heteroatoms. The quantitative estimate of drug-likeness (QED) is 0.701. The molecule has 0 saturated carbocycles. The van der Waals surface area contributed by atoms with Gasteiger partial charge in [0.1, 0.15) is 5.69 Å². The third kappa shape index (κ3) is 3.46. The summed E-state index contributed by atoms with van der Waals surface area (Å²) in [6, 6.07) is 0. The molecule has 0 atom stereocenters. The molecule has 0 aliphatic carbocycles. The maximum Gasteiger partial charge on any atom is 0.358 e. The lowest BCUT2D eigenvalue weighted by Gasteiger charge is -2.07. The largest absolute Gasteiger partial charge is 0.476 e. The number of carbonyl (C=O) groups is 1. The van der Waals surface area contributed by atoms with E-state index in [1.807, 2.05) is 0 Å². The molecule has 0 aliphatic rings. The first-order chi connectivity index (χ1) is 10.1. The summed E-state index contributed by atoms with van der Waals surface area (Å²) in [4.78, 5) is 15.5. The molecule has 2 rings (SSSR count). The molecule has 114 valence electrons. The summed E-state index contributed by atoms with van der Waals surface area (Å²) in [7, 11) is 1.80. The molecule has 8 nitrogen and oxygen atoms in total. The van der Waals surface area contributed by atoms with Gasteiger partial charge in [-0.15, -0.1) is 5.10 Å². The minimum absolute atomic E-state index is 0.0836. The first kappa shape index (κ1) is 15.2. The highest BCUT2D eigenvalue weighted by Gasteiger charge is 2.23.